The van der Waals surface area contributed by atoms with Crippen LogP contribution in [-0.4, -0.2) is 34.5 Å². The van der Waals surface area contributed by atoms with Crippen molar-refractivity contribution in [2.75, 3.05) is 12.0 Å². The molecule has 0 spiro atoms. The number of nitrogens with zero attached hydrogens (tertiary/aromatic N) is 1. The fourth-order valence-corrected chi connectivity index (χ4v) is 3.34. The molecule has 1 atom stereocenters. The molecule has 0 radical (unpaired) electrons. The molecule has 1 amide bonds. The molecule has 2 aromatic carbocycles. The quantitative estimate of drug-likeness (QED) is 0.557. The third-order valence-electron chi connectivity index (χ3n) is 4.20. The maximum atomic E-state index is 12.5. The van der Waals surface area contributed by atoms with Gasteiger partial charge >= 0.3 is 6.61 Å². The minimum Gasteiger partial charge on any atom is -0.435 e. The smallest absolute Gasteiger partial charge is 0.387 e. The van der Waals surface area contributed by atoms with Gasteiger partial charge in [0.1, 0.15) is 11.6 Å². The lowest BCUT2D eigenvalue weighted by Gasteiger charge is -2.16. The summed E-state index contributed by atoms with van der Waals surface area (Å²) < 4.78 is 28.8. The molecule has 0 saturated carbocycles. The van der Waals surface area contributed by atoms with E-state index in [4.69, 9.17) is 0 Å². The Balaban J connectivity index is 1.67. The van der Waals surface area contributed by atoms with Gasteiger partial charge in [0.2, 0.25) is 5.91 Å². The summed E-state index contributed by atoms with van der Waals surface area (Å²) >= 11 is 1.70. The van der Waals surface area contributed by atoms with Gasteiger partial charge in [0, 0.05) is 0 Å². The van der Waals surface area contributed by atoms with Gasteiger partial charge in [0.15, 0.2) is 0 Å². The highest BCUT2D eigenvalue weighted by molar-refractivity contribution is 7.98. The molecule has 0 saturated heterocycles. The van der Waals surface area contributed by atoms with E-state index in [0.717, 1.165) is 29.0 Å². The third kappa shape index (κ3) is 5.45. The number of amides is 1. The van der Waals surface area contributed by atoms with Crippen LogP contribution in [-0.2, 0) is 11.2 Å². The molecule has 148 valence electrons. The molecule has 1 heterocycles. The Hall–Kier alpha value is -2.61. The SMILES string of the molecule is CSCC[C@H](NC(=O)Cc1ccc(OC(F)F)cc1)c1nc2ccccc2[nH]1. The number of aromatic amines is 1. The lowest BCUT2D eigenvalue weighted by Crippen LogP contribution is -2.31. The van der Waals surface area contributed by atoms with Crippen LogP contribution in [0.5, 0.6) is 5.75 Å². The van der Waals surface area contributed by atoms with Crippen LogP contribution in [0.15, 0.2) is 48.5 Å². The van der Waals surface area contributed by atoms with E-state index in [2.05, 4.69) is 20.0 Å². The van der Waals surface area contributed by atoms with Gasteiger partial charge in [0.25, 0.3) is 0 Å². The van der Waals surface area contributed by atoms with Gasteiger partial charge in [-0.1, -0.05) is 24.3 Å². The van der Waals surface area contributed by atoms with E-state index in [9.17, 15) is 13.6 Å². The second kappa shape index (κ2) is 9.54. The highest BCUT2D eigenvalue weighted by atomic mass is 32.2. The number of para-hydroxylation sites is 2. The molecule has 0 bridgehead atoms. The van der Waals surface area contributed by atoms with E-state index in [-0.39, 0.29) is 24.1 Å². The second-order valence-electron chi connectivity index (χ2n) is 6.24. The summed E-state index contributed by atoms with van der Waals surface area (Å²) in [6.45, 7) is -2.87. The summed E-state index contributed by atoms with van der Waals surface area (Å²) in [5, 5.41) is 3.03. The average molecular weight is 405 g/mol. The summed E-state index contributed by atoms with van der Waals surface area (Å²) in [7, 11) is 0. The Labute approximate surface area is 165 Å². The van der Waals surface area contributed by atoms with Crippen LogP contribution >= 0.6 is 11.8 Å². The number of carbonyl (C=O) groups is 1. The molecule has 0 aliphatic heterocycles. The first kappa shape index (κ1) is 20.1. The molecule has 28 heavy (non-hydrogen) atoms. The summed E-state index contributed by atoms with van der Waals surface area (Å²) in [6, 6.07) is 13.6. The van der Waals surface area contributed by atoms with Gasteiger partial charge in [-0.3, -0.25) is 4.79 Å². The number of hydrogen-bond acceptors (Lipinski definition) is 4. The number of hydrogen-bond donors (Lipinski definition) is 2. The number of alkyl halides is 2. The van der Waals surface area contributed by atoms with Gasteiger partial charge in [-0.15, -0.1) is 0 Å². The number of fused-ring (bicyclic) bond motifs is 1. The molecule has 3 rings (SSSR count). The fourth-order valence-electron chi connectivity index (χ4n) is 2.87. The molecule has 0 aliphatic carbocycles. The van der Waals surface area contributed by atoms with Gasteiger partial charge in [-0.25, -0.2) is 4.98 Å². The molecular weight excluding hydrogens is 384 g/mol. The summed E-state index contributed by atoms with van der Waals surface area (Å²) in [5.74, 6) is 1.51. The van der Waals surface area contributed by atoms with E-state index in [1.165, 1.54) is 12.1 Å². The predicted octanol–water partition coefficient (Wildman–Crippen LogP) is 4.32. The number of benzene rings is 2. The number of ether oxygens (including phenoxy) is 1. The maximum Gasteiger partial charge on any atom is 0.387 e. The third-order valence-corrected chi connectivity index (χ3v) is 4.84. The van der Waals surface area contributed by atoms with Gasteiger partial charge < -0.3 is 15.0 Å². The number of aromatic nitrogens is 2. The first-order chi connectivity index (χ1) is 13.5. The average Bonchev–Trinajstić information content (AvgIpc) is 3.10. The zero-order valence-electron chi connectivity index (χ0n) is 15.3. The standard InChI is InChI=1S/C20H21F2N3O2S/c1-28-11-10-17(19-24-15-4-2-3-5-16(15)25-19)23-18(26)12-13-6-8-14(9-7-13)27-20(21)22/h2-9,17,20H,10-12H2,1H3,(H,23,26)(H,24,25)/t17-/m0/s1. The van der Waals surface area contributed by atoms with E-state index in [0.29, 0.717) is 5.56 Å². The van der Waals surface area contributed by atoms with Crippen molar-refractivity contribution in [2.24, 2.45) is 0 Å². The summed E-state index contributed by atoms with van der Waals surface area (Å²) in [6.07, 6.45) is 2.90. The number of halogens is 2. The zero-order chi connectivity index (χ0) is 19.9. The Bertz CT molecular complexity index is 882. The molecule has 0 aliphatic rings. The van der Waals surface area contributed by atoms with Crippen LogP contribution in [0.1, 0.15) is 23.9 Å². The van der Waals surface area contributed by atoms with Crippen LogP contribution in [0.25, 0.3) is 11.0 Å². The minimum atomic E-state index is -2.87. The lowest BCUT2D eigenvalue weighted by molar-refractivity contribution is -0.121. The van der Waals surface area contributed by atoms with Crippen molar-refractivity contribution in [2.45, 2.75) is 25.5 Å². The van der Waals surface area contributed by atoms with Crippen LogP contribution in [0.4, 0.5) is 8.78 Å². The Morgan fingerprint density at radius 3 is 2.64 bits per heavy atom. The van der Waals surface area contributed by atoms with Crippen molar-refractivity contribution >= 4 is 28.7 Å². The molecular formula is C20H21F2N3O2S. The number of imidazole rings is 1. The van der Waals surface area contributed by atoms with Crippen LogP contribution in [0.2, 0.25) is 0 Å². The topological polar surface area (TPSA) is 67.0 Å². The molecule has 2 N–H and O–H groups in total. The van der Waals surface area contributed by atoms with Gasteiger partial charge in [-0.2, -0.15) is 20.5 Å². The van der Waals surface area contributed by atoms with E-state index in [1.54, 1.807) is 23.9 Å². The highest BCUT2D eigenvalue weighted by Crippen LogP contribution is 2.21. The van der Waals surface area contributed by atoms with Crippen molar-refractivity contribution < 1.29 is 18.3 Å². The van der Waals surface area contributed by atoms with Gasteiger partial charge in [0.05, 0.1) is 23.5 Å². The van der Waals surface area contributed by atoms with Crippen molar-refractivity contribution in [1.29, 1.82) is 0 Å². The monoisotopic (exact) mass is 405 g/mol. The number of nitrogens with one attached hydrogen (secondary N) is 2. The van der Waals surface area contributed by atoms with E-state index in [1.807, 2.05) is 30.5 Å². The Morgan fingerprint density at radius 2 is 1.96 bits per heavy atom. The van der Waals surface area contributed by atoms with Crippen LogP contribution in [0, 0.1) is 0 Å². The number of H-pyrrole nitrogens is 1. The first-order valence-corrected chi connectivity index (χ1v) is 10.2. The zero-order valence-corrected chi connectivity index (χ0v) is 16.1. The van der Waals surface area contributed by atoms with E-state index >= 15 is 0 Å². The molecule has 8 heteroatoms. The van der Waals surface area contributed by atoms with Gasteiger partial charge in [-0.05, 0) is 48.3 Å². The Morgan fingerprint density at radius 1 is 1.21 bits per heavy atom. The normalized spacial score (nSPS) is 12.3. The number of rotatable bonds is 9. The number of thioether (sulfide) groups is 1. The van der Waals surface area contributed by atoms with Crippen molar-refractivity contribution in [3.8, 4) is 5.75 Å². The predicted molar refractivity (Wildman–Crippen MR) is 107 cm³/mol. The Kier molecular flexibility index (Phi) is 6.86. The lowest BCUT2D eigenvalue weighted by atomic mass is 10.1. The van der Waals surface area contributed by atoms with Crippen molar-refractivity contribution in [3.63, 3.8) is 0 Å². The number of carbonyl (C=O) groups excluding carboxylic acids is 1. The van der Waals surface area contributed by atoms with Crippen molar-refractivity contribution in [1.82, 2.24) is 15.3 Å². The molecule has 0 unspecified atom stereocenters. The minimum absolute atomic E-state index is 0.0688. The summed E-state index contributed by atoms with van der Waals surface area (Å²) in [4.78, 5) is 20.4. The summed E-state index contributed by atoms with van der Waals surface area (Å²) in [5.41, 5.74) is 2.50. The molecule has 1 aromatic heterocycles. The maximum absolute atomic E-state index is 12.5. The van der Waals surface area contributed by atoms with Crippen LogP contribution < -0.4 is 10.1 Å². The first-order valence-electron chi connectivity index (χ1n) is 8.82. The highest BCUT2D eigenvalue weighted by Gasteiger charge is 2.18. The van der Waals surface area contributed by atoms with E-state index < -0.39 is 6.61 Å². The molecule has 5 nitrogen and oxygen atoms in total. The largest absolute Gasteiger partial charge is 0.435 e. The van der Waals surface area contributed by atoms with Crippen LogP contribution in [0.3, 0.4) is 0 Å². The van der Waals surface area contributed by atoms with Crippen molar-refractivity contribution in [3.05, 3.63) is 59.9 Å². The molecule has 3 aromatic rings. The molecule has 0 fully saturated rings. The second-order valence-corrected chi connectivity index (χ2v) is 7.23. The fraction of sp³-hybridized carbons (Fsp3) is 0.300.